The van der Waals surface area contributed by atoms with Gasteiger partial charge in [-0.2, -0.15) is 0 Å². The van der Waals surface area contributed by atoms with Crippen LogP contribution in [0, 0.1) is 5.82 Å². The molecule has 0 aromatic heterocycles. The number of ketones is 1. The molecule has 0 saturated heterocycles. The van der Waals surface area contributed by atoms with Crippen LogP contribution >= 0.6 is 23.2 Å². The molecule has 0 spiro atoms. The molecule has 20 heavy (non-hydrogen) atoms. The van der Waals surface area contributed by atoms with Gasteiger partial charge in [0.05, 0.1) is 10.0 Å². The van der Waals surface area contributed by atoms with E-state index in [0.717, 1.165) is 12.0 Å². The van der Waals surface area contributed by atoms with Gasteiger partial charge in [-0.3, -0.25) is 4.79 Å². The first kappa shape index (κ1) is 15.0. The maximum atomic E-state index is 13.0. The molecule has 104 valence electrons. The topological polar surface area (TPSA) is 17.1 Å². The number of halogens is 3. The zero-order valence-corrected chi connectivity index (χ0v) is 12.2. The average Bonchev–Trinajstić information content (AvgIpc) is 2.42. The molecule has 4 heteroatoms. The van der Waals surface area contributed by atoms with E-state index in [1.165, 1.54) is 12.1 Å². The van der Waals surface area contributed by atoms with Gasteiger partial charge in [0.1, 0.15) is 5.82 Å². The van der Waals surface area contributed by atoms with E-state index in [0.29, 0.717) is 28.5 Å². The summed E-state index contributed by atoms with van der Waals surface area (Å²) in [6.45, 7) is 0. The molecule has 0 atom stereocenters. The molecule has 0 aliphatic carbocycles. The third-order valence-electron chi connectivity index (χ3n) is 3.00. The molecule has 0 saturated carbocycles. The zero-order valence-electron chi connectivity index (χ0n) is 10.7. The monoisotopic (exact) mass is 310 g/mol. The van der Waals surface area contributed by atoms with Crippen molar-refractivity contribution in [1.29, 1.82) is 0 Å². The minimum Gasteiger partial charge on any atom is -0.294 e. The second-order valence-corrected chi connectivity index (χ2v) is 5.35. The number of hydrogen-bond acceptors (Lipinski definition) is 1. The lowest BCUT2D eigenvalue weighted by molar-refractivity contribution is 0.0980. The lowest BCUT2D eigenvalue weighted by atomic mass is 10.0. The lowest BCUT2D eigenvalue weighted by Gasteiger charge is -2.04. The highest BCUT2D eigenvalue weighted by atomic mass is 35.5. The fourth-order valence-corrected chi connectivity index (χ4v) is 2.28. The van der Waals surface area contributed by atoms with Crippen LogP contribution in [0.1, 0.15) is 28.8 Å². The summed E-state index contributed by atoms with van der Waals surface area (Å²) in [4.78, 5) is 11.9. The van der Waals surface area contributed by atoms with E-state index in [1.807, 2.05) is 6.07 Å². The molecule has 2 aromatic carbocycles. The van der Waals surface area contributed by atoms with Crippen LogP contribution in [0.4, 0.5) is 4.39 Å². The fourth-order valence-electron chi connectivity index (χ4n) is 1.95. The maximum Gasteiger partial charge on any atom is 0.162 e. The molecule has 0 bridgehead atoms. The van der Waals surface area contributed by atoms with Crippen LogP contribution in [0.25, 0.3) is 0 Å². The van der Waals surface area contributed by atoms with Gasteiger partial charge in [0.25, 0.3) is 0 Å². The van der Waals surface area contributed by atoms with Crippen LogP contribution in [-0.2, 0) is 6.42 Å². The zero-order chi connectivity index (χ0) is 14.5. The largest absolute Gasteiger partial charge is 0.294 e. The number of Topliss-reactive ketones (excluding diaryl/α,β-unsaturated/α-hetero) is 1. The van der Waals surface area contributed by atoms with Gasteiger partial charge in [0, 0.05) is 12.0 Å². The van der Waals surface area contributed by atoms with Gasteiger partial charge >= 0.3 is 0 Å². The summed E-state index contributed by atoms with van der Waals surface area (Å²) in [5.74, 6) is -0.440. The van der Waals surface area contributed by atoms with E-state index in [2.05, 4.69) is 0 Å². The maximum absolute atomic E-state index is 13.0. The minimum atomic E-state index is -0.389. The van der Waals surface area contributed by atoms with Crippen LogP contribution in [0.3, 0.4) is 0 Å². The van der Waals surface area contributed by atoms with E-state index >= 15 is 0 Å². The summed E-state index contributed by atoms with van der Waals surface area (Å²) in [7, 11) is 0. The normalized spacial score (nSPS) is 10.6. The summed E-state index contributed by atoms with van der Waals surface area (Å²) in [6, 6.07) is 11.2. The number of benzene rings is 2. The lowest BCUT2D eigenvalue weighted by Crippen LogP contribution is -2.00. The standard InChI is InChI=1S/C16H13Cl2FO/c17-14-8-7-11(9-15(14)18)3-1-6-16(20)12-4-2-5-13(19)10-12/h2,4-5,7-10H,1,3,6H2. The van der Waals surface area contributed by atoms with Crippen molar-refractivity contribution in [2.45, 2.75) is 19.3 Å². The molecule has 1 nitrogen and oxygen atoms in total. The molecule has 0 N–H and O–H groups in total. The Balaban J connectivity index is 1.89. The first-order chi connectivity index (χ1) is 9.56. The van der Waals surface area contributed by atoms with Gasteiger partial charge in [-0.15, -0.1) is 0 Å². The SMILES string of the molecule is O=C(CCCc1ccc(Cl)c(Cl)c1)c1cccc(F)c1. The van der Waals surface area contributed by atoms with E-state index in [1.54, 1.807) is 24.3 Å². The molecular weight excluding hydrogens is 298 g/mol. The smallest absolute Gasteiger partial charge is 0.162 e. The molecule has 2 rings (SSSR count). The Hall–Kier alpha value is -1.38. The number of carbonyl (C=O) groups excluding carboxylic acids is 1. The predicted octanol–water partition coefficient (Wildman–Crippen LogP) is 5.34. The molecule has 0 amide bonds. The van der Waals surface area contributed by atoms with Crippen molar-refractivity contribution in [1.82, 2.24) is 0 Å². The Morgan fingerprint density at radius 2 is 1.85 bits per heavy atom. The summed E-state index contributed by atoms with van der Waals surface area (Å²) < 4.78 is 13.0. The van der Waals surface area contributed by atoms with Crippen molar-refractivity contribution in [3.63, 3.8) is 0 Å². The Labute approximate surface area is 127 Å². The summed E-state index contributed by atoms with van der Waals surface area (Å²) >= 11 is 11.8. The van der Waals surface area contributed by atoms with Gasteiger partial charge in [-0.05, 0) is 42.7 Å². The van der Waals surface area contributed by atoms with Crippen molar-refractivity contribution >= 4 is 29.0 Å². The van der Waals surface area contributed by atoms with Gasteiger partial charge < -0.3 is 0 Å². The molecule has 2 aromatic rings. The van der Waals surface area contributed by atoms with Crippen LogP contribution in [0.2, 0.25) is 10.0 Å². The summed E-state index contributed by atoms with van der Waals surface area (Å²) in [5, 5.41) is 1.03. The number of carbonyl (C=O) groups is 1. The molecule has 0 radical (unpaired) electrons. The Bertz CT molecular complexity index is 626. The van der Waals surface area contributed by atoms with Crippen LogP contribution in [-0.4, -0.2) is 5.78 Å². The Morgan fingerprint density at radius 3 is 2.55 bits per heavy atom. The fraction of sp³-hybridized carbons (Fsp3) is 0.188. The van der Waals surface area contributed by atoms with Crippen molar-refractivity contribution < 1.29 is 9.18 Å². The second-order valence-electron chi connectivity index (χ2n) is 4.54. The van der Waals surface area contributed by atoms with Crippen LogP contribution in [0.5, 0.6) is 0 Å². The first-order valence-electron chi connectivity index (χ1n) is 6.29. The van der Waals surface area contributed by atoms with E-state index in [4.69, 9.17) is 23.2 Å². The highest BCUT2D eigenvalue weighted by molar-refractivity contribution is 6.42. The Morgan fingerprint density at radius 1 is 1.05 bits per heavy atom. The van der Waals surface area contributed by atoms with Crippen molar-refractivity contribution in [2.75, 3.05) is 0 Å². The summed E-state index contributed by atoms with van der Waals surface area (Å²) in [5.41, 5.74) is 1.45. The molecule has 0 aliphatic heterocycles. The van der Waals surface area contributed by atoms with Gasteiger partial charge in [-0.1, -0.05) is 41.4 Å². The second kappa shape index (κ2) is 6.87. The molecular formula is C16H13Cl2FO. The highest BCUT2D eigenvalue weighted by Crippen LogP contribution is 2.23. The van der Waals surface area contributed by atoms with Gasteiger partial charge in [-0.25, -0.2) is 4.39 Å². The van der Waals surface area contributed by atoms with Crippen molar-refractivity contribution in [3.8, 4) is 0 Å². The van der Waals surface area contributed by atoms with Crippen molar-refractivity contribution in [2.24, 2.45) is 0 Å². The van der Waals surface area contributed by atoms with E-state index in [9.17, 15) is 9.18 Å². The predicted molar refractivity (Wildman–Crippen MR) is 80.1 cm³/mol. The quantitative estimate of drug-likeness (QED) is 0.681. The Kier molecular flexibility index (Phi) is 5.16. The third kappa shape index (κ3) is 4.06. The average molecular weight is 311 g/mol. The van der Waals surface area contributed by atoms with E-state index in [-0.39, 0.29) is 11.6 Å². The van der Waals surface area contributed by atoms with Crippen molar-refractivity contribution in [3.05, 3.63) is 69.5 Å². The number of hydrogen-bond donors (Lipinski definition) is 0. The van der Waals surface area contributed by atoms with E-state index < -0.39 is 0 Å². The number of aryl methyl sites for hydroxylation is 1. The van der Waals surface area contributed by atoms with Gasteiger partial charge in [0.15, 0.2) is 5.78 Å². The highest BCUT2D eigenvalue weighted by Gasteiger charge is 2.07. The molecule has 0 fully saturated rings. The molecule has 0 heterocycles. The summed E-state index contributed by atoms with van der Waals surface area (Å²) in [6.07, 6.45) is 1.80. The molecule has 0 unspecified atom stereocenters. The number of rotatable bonds is 5. The van der Waals surface area contributed by atoms with Crippen LogP contribution in [0.15, 0.2) is 42.5 Å². The first-order valence-corrected chi connectivity index (χ1v) is 7.04. The van der Waals surface area contributed by atoms with Gasteiger partial charge in [0.2, 0.25) is 0 Å². The third-order valence-corrected chi connectivity index (χ3v) is 3.74. The minimum absolute atomic E-state index is 0.0513. The van der Waals surface area contributed by atoms with Crippen LogP contribution < -0.4 is 0 Å². The molecule has 0 aliphatic rings.